The largest absolute Gasteiger partial charge is 0.444 e. The SMILES string of the molecule is CC(NC(=O)CCCN=C(NC(=O)OCc1ccccc1)N(CCCc1ccccc1)C(=O)OCc1ccccc1)C(=O)NOCc1ccccc1. The quantitative estimate of drug-likeness (QED) is 0.0522. The standard InChI is InChI=1S/C40H45N5O7/c1-31(37(47)44-52-30-35-22-12-5-13-23-35)42-36(46)25-14-26-41-38(43-39(48)50-28-33-18-8-3-9-19-33)45(27-15-24-32-16-6-2-7-17-32)40(49)51-29-34-20-10-4-11-21-34/h2-13,16-23,31H,14-15,24-30H2,1H3,(H,42,46)(H,44,47)(H,41,43,48). The lowest BCUT2D eigenvalue weighted by atomic mass is 10.1. The van der Waals surface area contributed by atoms with Gasteiger partial charge in [-0.15, -0.1) is 0 Å². The molecule has 0 saturated carbocycles. The second-order valence-electron chi connectivity index (χ2n) is 11.8. The number of carbonyl (C=O) groups excluding carboxylic acids is 4. The molecule has 0 aliphatic rings. The zero-order valence-electron chi connectivity index (χ0n) is 29.2. The minimum Gasteiger partial charge on any atom is -0.444 e. The van der Waals surface area contributed by atoms with Crippen LogP contribution in [0.3, 0.4) is 0 Å². The fourth-order valence-corrected chi connectivity index (χ4v) is 4.87. The number of guanidine groups is 1. The van der Waals surface area contributed by atoms with Gasteiger partial charge < -0.3 is 14.8 Å². The molecule has 0 heterocycles. The molecular formula is C40H45N5O7. The van der Waals surface area contributed by atoms with Crippen LogP contribution in [0, 0.1) is 0 Å². The van der Waals surface area contributed by atoms with Crippen molar-refractivity contribution >= 4 is 30.0 Å². The maximum absolute atomic E-state index is 13.6. The Kier molecular flexibility index (Phi) is 16.4. The summed E-state index contributed by atoms with van der Waals surface area (Å²) in [7, 11) is 0. The van der Waals surface area contributed by atoms with E-state index in [0.29, 0.717) is 12.8 Å². The first kappa shape index (κ1) is 38.8. The zero-order valence-corrected chi connectivity index (χ0v) is 29.2. The first-order chi connectivity index (χ1) is 25.4. The van der Waals surface area contributed by atoms with Crippen LogP contribution in [0.15, 0.2) is 126 Å². The van der Waals surface area contributed by atoms with Gasteiger partial charge in [0.25, 0.3) is 5.91 Å². The number of carbonyl (C=O) groups is 4. The van der Waals surface area contributed by atoms with Crippen LogP contribution in [0.2, 0.25) is 0 Å². The van der Waals surface area contributed by atoms with Crippen LogP contribution in [-0.2, 0) is 50.1 Å². The highest BCUT2D eigenvalue weighted by Crippen LogP contribution is 2.09. The molecule has 52 heavy (non-hydrogen) atoms. The number of benzene rings is 4. The van der Waals surface area contributed by atoms with Gasteiger partial charge in [-0.05, 0) is 48.4 Å². The van der Waals surface area contributed by atoms with Crippen molar-refractivity contribution in [2.75, 3.05) is 13.1 Å². The molecule has 12 nitrogen and oxygen atoms in total. The van der Waals surface area contributed by atoms with Gasteiger partial charge in [-0.25, -0.2) is 20.0 Å². The average molecular weight is 708 g/mol. The van der Waals surface area contributed by atoms with Crippen LogP contribution in [0.25, 0.3) is 0 Å². The summed E-state index contributed by atoms with van der Waals surface area (Å²) in [6, 6.07) is 36.8. The maximum Gasteiger partial charge on any atom is 0.416 e. The van der Waals surface area contributed by atoms with E-state index in [0.717, 1.165) is 22.3 Å². The number of aryl methyl sites for hydroxylation is 1. The van der Waals surface area contributed by atoms with Gasteiger partial charge in [-0.3, -0.25) is 24.7 Å². The molecule has 1 atom stereocenters. The fraction of sp³-hybridized carbons (Fsp3) is 0.275. The van der Waals surface area contributed by atoms with Crippen LogP contribution in [0.5, 0.6) is 0 Å². The van der Waals surface area contributed by atoms with Crippen molar-refractivity contribution in [2.45, 2.75) is 58.5 Å². The van der Waals surface area contributed by atoms with Crippen LogP contribution in [0.1, 0.15) is 48.4 Å². The minimum absolute atomic E-state index is 0.00957. The van der Waals surface area contributed by atoms with E-state index in [1.54, 1.807) is 6.92 Å². The summed E-state index contributed by atoms with van der Waals surface area (Å²) in [6.45, 7) is 2.02. The highest BCUT2D eigenvalue weighted by Gasteiger charge is 2.24. The molecule has 272 valence electrons. The van der Waals surface area contributed by atoms with E-state index in [4.69, 9.17) is 14.3 Å². The molecule has 0 aliphatic carbocycles. The van der Waals surface area contributed by atoms with E-state index in [9.17, 15) is 19.2 Å². The molecule has 0 aromatic heterocycles. The molecule has 4 amide bonds. The van der Waals surface area contributed by atoms with E-state index in [1.165, 1.54) is 4.90 Å². The third-order valence-electron chi connectivity index (χ3n) is 7.65. The Bertz CT molecular complexity index is 1710. The fourth-order valence-electron chi connectivity index (χ4n) is 4.87. The topological polar surface area (TPSA) is 148 Å². The first-order valence-electron chi connectivity index (χ1n) is 17.2. The van der Waals surface area contributed by atoms with Gasteiger partial charge in [0.15, 0.2) is 0 Å². The second kappa shape index (κ2) is 21.9. The van der Waals surface area contributed by atoms with Crippen LogP contribution in [0.4, 0.5) is 9.59 Å². The lowest BCUT2D eigenvalue weighted by Crippen LogP contribution is -2.48. The Morgan fingerprint density at radius 2 is 1.19 bits per heavy atom. The van der Waals surface area contributed by atoms with Gasteiger partial charge in [0.2, 0.25) is 11.9 Å². The molecule has 4 aromatic rings. The molecule has 0 fully saturated rings. The number of alkyl carbamates (subject to hydrolysis) is 1. The predicted octanol–water partition coefficient (Wildman–Crippen LogP) is 6.07. The molecule has 0 radical (unpaired) electrons. The molecule has 0 saturated heterocycles. The molecule has 3 N–H and O–H groups in total. The van der Waals surface area contributed by atoms with Crippen molar-refractivity contribution in [1.82, 2.24) is 21.0 Å². The second-order valence-corrected chi connectivity index (χ2v) is 11.8. The Morgan fingerprint density at radius 3 is 1.77 bits per heavy atom. The molecule has 4 rings (SSSR count). The smallest absolute Gasteiger partial charge is 0.416 e. The molecule has 0 bridgehead atoms. The monoisotopic (exact) mass is 707 g/mol. The number of hydrogen-bond acceptors (Lipinski definition) is 8. The van der Waals surface area contributed by atoms with Crippen molar-refractivity contribution in [3.05, 3.63) is 144 Å². The van der Waals surface area contributed by atoms with E-state index < -0.39 is 24.1 Å². The number of ether oxygens (including phenoxy) is 2. The lowest BCUT2D eigenvalue weighted by Gasteiger charge is -2.24. The summed E-state index contributed by atoms with van der Waals surface area (Å²) in [5.74, 6) is -0.935. The summed E-state index contributed by atoms with van der Waals surface area (Å²) in [5, 5.41) is 5.27. The Hall–Kier alpha value is -6.01. The number of hydrogen-bond donors (Lipinski definition) is 3. The molecule has 4 aromatic carbocycles. The first-order valence-corrected chi connectivity index (χ1v) is 17.2. The highest BCUT2D eigenvalue weighted by molar-refractivity contribution is 6.01. The Labute approximate surface area is 304 Å². The number of nitrogens with one attached hydrogen (secondary N) is 3. The third kappa shape index (κ3) is 14.5. The zero-order chi connectivity index (χ0) is 36.8. The van der Waals surface area contributed by atoms with Gasteiger partial charge in [-0.2, -0.15) is 0 Å². The van der Waals surface area contributed by atoms with Crippen LogP contribution < -0.4 is 16.1 Å². The number of amides is 4. The average Bonchev–Trinajstić information content (AvgIpc) is 3.17. The van der Waals surface area contributed by atoms with Crippen molar-refractivity contribution < 1.29 is 33.5 Å². The molecular weight excluding hydrogens is 662 g/mol. The van der Waals surface area contributed by atoms with E-state index in [1.807, 2.05) is 121 Å². The number of rotatable bonds is 17. The molecule has 0 spiro atoms. The Balaban J connectivity index is 1.38. The van der Waals surface area contributed by atoms with Gasteiger partial charge in [0.05, 0.1) is 6.61 Å². The molecule has 12 heteroatoms. The van der Waals surface area contributed by atoms with Crippen LogP contribution in [-0.4, -0.2) is 54.0 Å². The van der Waals surface area contributed by atoms with Gasteiger partial charge in [0.1, 0.15) is 19.3 Å². The summed E-state index contributed by atoms with van der Waals surface area (Å²) in [5.41, 5.74) is 5.91. The van der Waals surface area contributed by atoms with E-state index >= 15 is 0 Å². The van der Waals surface area contributed by atoms with Gasteiger partial charge in [-0.1, -0.05) is 121 Å². The maximum atomic E-state index is 13.6. The summed E-state index contributed by atoms with van der Waals surface area (Å²) >= 11 is 0. The molecule has 1 unspecified atom stereocenters. The lowest BCUT2D eigenvalue weighted by molar-refractivity contribution is -0.138. The van der Waals surface area contributed by atoms with E-state index in [-0.39, 0.29) is 57.6 Å². The van der Waals surface area contributed by atoms with Gasteiger partial charge in [0, 0.05) is 19.5 Å². The van der Waals surface area contributed by atoms with Crippen molar-refractivity contribution in [1.29, 1.82) is 0 Å². The van der Waals surface area contributed by atoms with E-state index in [2.05, 4.69) is 21.1 Å². The summed E-state index contributed by atoms with van der Waals surface area (Å²) in [4.78, 5) is 62.7. The van der Waals surface area contributed by atoms with Crippen molar-refractivity contribution in [2.24, 2.45) is 4.99 Å². The number of nitrogens with zero attached hydrogens (tertiary/aromatic N) is 2. The highest BCUT2D eigenvalue weighted by atomic mass is 16.7. The molecule has 0 aliphatic heterocycles. The number of hydroxylamine groups is 1. The van der Waals surface area contributed by atoms with Crippen molar-refractivity contribution in [3.8, 4) is 0 Å². The predicted molar refractivity (Wildman–Crippen MR) is 196 cm³/mol. The summed E-state index contributed by atoms with van der Waals surface area (Å²) in [6.07, 6.45) is -0.0136. The Morgan fingerprint density at radius 1 is 0.673 bits per heavy atom. The van der Waals surface area contributed by atoms with Gasteiger partial charge >= 0.3 is 12.2 Å². The third-order valence-corrected chi connectivity index (χ3v) is 7.65. The normalized spacial score (nSPS) is 11.5. The summed E-state index contributed by atoms with van der Waals surface area (Å²) < 4.78 is 11.1. The van der Waals surface area contributed by atoms with Crippen LogP contribution >= 0.6 is 0 Å². The number of aliphatic imine (C=N–C) groups is 1. The van der Waals surface area contributed by atoms with Crippen molar-refractivity contribution in [3.63, 3.8) is 0 Å². The minimum atomic E-state index is -0.845.